The molecule has 1 aromatic rings. The van der Waals surface area contributed by atoms with Crippen LogP contribution in [0.5, 0.6) is 0 Å². The molecule has 0 aromatic heterocycles. The van der Waals surface area contributed by atoms with E-state index in [0.29, 0.717) is 12.8 Å². The van der Waals surface area contributed by atoms with Gasteiger partial charge < -0.3 is 9.80 Å². The monoisotopic (exact) mass is 250 g/mol. The first-order chi connectivity index (χ1) is 8.65. The van der Waals surface area contributed by atoms with Gasteiger partial charge in [-0.05, 0) is 31.2 Å². The summed E-state index contributed by atoms with van der Waals surface area (Å²) in [6.07, 6.45) is 1.20. The van der Waals surface area contributed by atoms with Crippen molar-refractivity contribution in [2.75, 3.05) is 33.2 Å². The van der Waals surface area contributed by atoms with Gasteiger partial charge in [0.15, 0.2) is 0 Å². The number of hydrogen-bond acceptors (Lipinski definition) is 2. The molecule has 1 heterocycles. The fourth-order valence-corrected chi connectivity index (χ4v) is 2.12. The summed E-state index contributed by atoms with van der Waals surface area (Å²) in [7, 11) is 2.07. The second-order valence-corrected chi connectivity index (χ2v) is 4.81. The number of carbonyl (C=O) groups excluding carboxylic acids is 1. The lowest BCUT2D eigenvalue weighted by atomic mass is 10.1. The predicted octanol–water partition coefficient (Wildman–Crippen LogP) is 1.53. The summed E-state index contributed by atoms with van der Waals surface area (Å²) in [5.74, 6) is -0.0310. The van der Waals surface area contributed by atoms with Crippen LogP contribution in [0.25, 0.3) is 0 Å². The Labute approximate surface area is 107 Å². The van der Waals surface area contributed by atoms with E-state index in [-0.39, 0.29) is 11.7 Å². The Kier molecular flexibility index (Phi) is 4.31. The largest absolute Gasteiger partial charge is 0.340 e. The lowest BCUT2D eigenvalue weighted by Crippen LogP contribution is -2.47. The summed E-state index contributed by atoms with van der Waals surface area (Å²) in [5, 5.41) is 0. The fourth-order valence-electron chi connectivity index (χ4n) is 2.12. The SMILES string of the molecule is CN1CCN(C(=O)CCc2ccc(F)cc2)CC1. The van der Waals surface area contributed by atoms with Gasteiger partial charge in [0, 0.05) is 32.6 Å². The molecule has 18 heavy (non-hydrogen) atoms. The molecule has 1 aliphatic heterocycles. The van der Waals surface area contributed by atoms with Gasteiger partial charge in [-0.1, -0.05) is 12.1 Å². The Bertz CT molecular complexity index is 397. The minimum Gasteiger partial charge on any atom is -0.340 e. The number of piperazine rings is 1. The third kappa shape index (κ3) is 3.53. The summed E-state index contributed by atoms with van der Waals surface area (Å²) < 4.78 is 12.7. The van der Waals surface area contributed by atoms with E-state index in [1.165, 1.54) is 12.1 Å². The molecule has 1 saturated heterocycles. The van der Waals surface area contributed by atoms with Crippen LogP contribution >= 0.6 is 0 Å². The maximum absolute atomic E-state index is 12.7. The standard InChI is InChI=1S/C14H19FN2O/c1-16-8-10-17(11-9-16)14(18)7-4-12-2-5-13(15)6-3-12/h2-3,5-6H,4,7-11H2,1H3. The number of likely N-dealkylation sites (N-methyl/N-ethyl adjacent to an activating group) is 1. The van der Waals surface area contributed by atoms with Gasteiger partial charge >= 0.3 is 0 Å². The van der Waals surface area contributed by atoms with Crippen molar-refractivity contribution < 1.29 is 9.18 Å². The van der Waals surface area contributed by atoms with Crippen LogP contribution in [-0.4, -0.2) is 48.9 Å². The fraction of sp³-hybridized carbons (Fsp3) is 0.500. The van der Waals surface area contributed by atoms with Gasteiger partial charge in [-0.2, -0.15) is 0 Å². The number of rotatable bonds is 3. The molecule has 0 radical (unpaired) electrons. The average Bonchev–Trinajstić information content (AvgIpc) is 2.38. The predicted molar refractivity (Wildman–Crippen MR) is 68.8 cm³/mol. The van der Waals surface area contributed by atoms with Crippen molar-refractivity contribution in [3.63, 3.8) is 0 Å². The van der Waals surface area contributed by atoms with Crippen LogP contribution in [0, 0.1) is 5.82 Å². The molecule has 1 aliphatic rings. The Balaban J connectivity index is 1.79. The van der Waals surface area contributed by atoms with Crippen molar-refractivity contribution in [2.45, 2.75) is 12.8 Å². The summed E-state index contributed by atoms with van der Waals surface area (Å²) in [6.45, 7) is 3.53. The van der Waals surface area contributed by atoms with Gasteiger partial charge in [0.05, 0.1) is 0 Å². The number of nitrogens with zero attached hydrogens (tertiary/aromatic N) is 2. The number of halogens is 1. The Morgan fingerprint density at radius 3 is 2.39 bits per heavy atom. The smallest absolute Gasteiger partial charge is 0.222 e. The van der Waals surface area contributed by atoms with Crippen molar-refractivity contribution in [1.82, 2.24) is 9.80 Å². The van der Waals surface area contributed by atoms with Gasteiger partial charge in [0.25, 0.3) is 0 Å². The van der Waals surface area contributed by atoms with Crippen molar-refractivity contribution in [3.05, 3.63) is 35.6 Å². The van der Waals surface area contributed by atoms with Crippen LogP contribution in [0.2, 0.25) is 0 Å². The topological polar surface area (TPSA) is 23.6 Å². The van der Waals surface area contributed by atoms with E-state index >= 15 is 0 Å². The summed E-state index contributed by atoms with van der Waals surface area (Å²) >= 11 is 0. The normalized spacial score (nSPS) is 16.9. The highest BCUT2D eigenvalue weighted by molar-refractivity contribution is 5.76. The van der Waals surface area contributed by atoms with E-state index in [4.69, 9.17) is 0 Å². The lowest BCUT2D eigenvalue weighted by molar-refractivity contribution is -0.132. The zero-order valence-corrected chi connectivity index (χ0v) is 10.7. The van der Waals surface area contributed by atoms with Gasteiger partial charge in [0.2, 0.25) is 5.91 Å². The number of amides is 1. The minimum atomic E-state index is -0.232. The molecule has 98 valence electrons. The molecule has 0 bridgehead atoms. The van der Waals surface area contributed by atoms with E-state index in [0.717, 1.165) is 31.7 Å². The van der Waals surface area contributed by atoms with Crippen molar-refractivity contribution >= 4 is 5.91 Å². The Morgan fingerprint density at radius 1 is 1.17 bits per heavy atom. The lowest BCUT2D eigenvalue weighted by Gasteiger charge is -2.32. The van der Waals surface area contributed by atoms with Gasteiger partial charge in [-0.3, -0.25) is 4.79 Å². The summed E-state index contributed by atoms with van der Waals surface area (Å²) in [4.78, 5) is 16.1. The minimum absolute atomic E-state index is 0.201. The summed E-state index contributed by atoms with van der Waals surface area (Å²) in [6, 6.07) is 6.37. The number of carbonyl (C=O) groups is 1. The van der Waals surface area contributed by atoms with Crippen LogP contribution < -0.4 is 0 Å². The highest BCUT2D eigenvalue weighted by Gasteiger charge is 2.18. The summed E-state index contributed by atoms with van der Waals surface area (Å²) in [5.41, 5.74) is 1.01. The first-order valence-corrected chi connectivity index (χ1v) is 6.36. The Morgan fingerprint density at radius 2 is 1.78 bits per heavy atom. The molecular weight excluding hydrogens is 231 g/mol. The molecular formula is C14H19FN2O. The number of aryl methyl sites for hydroxylation is 1. The van der Waals surface area contributed by atoms with E-state index in [1.54, 1.807) is 12.1 Å². The molecule has 1 aromatic carbocycles. The average molecular weight is 250 g/mol. The van der Waals surface area contributed by atoms with E-state index in [1.807, 2.05) is 4.90 Å². The van der Waals surface area contributed by atoms with Crippen LogP contribution in [0.1, 0.15) is 12.0 Å². The van der Waals surface area contributed by atoms with Crippen LogP contribution in [0.4, 0.5) is 4.39 Å². The zero-order chi connectivity index (χ0) is 13.0. The molecule has 0 atom stereocenters. The molecule has 0 saturated carbocycles. The maximum Gasteiger partial charge on any atom is 0.222 e. The van der Waals surface area contributed by atoms with Gasteiger partial charge in [-0.25, -0.2) is 4.39 Å². The zero-order valence-electron chi connectivity index (χ0n) is 10.7. The third-order valence-corrected chi connectivity index (χ3v) is 3.40. The first-order valence-electron chi connectivity index (χ1n) is 6.36. The number of hydrogen-bond donors (Lipinski definition) is 0. The van der Waals surface area contributed by atoms with Crippen molar-refractivity contribution in [3.8, 4) is 0 Å². The van der Waals surface area contributed by atoms with Crippen LogP contribution in [-0.2, 0) is 11.2 Å². The molecule has 0 N–H and O–H groups in total. The second-order valence-electron chi connectivity index (χ2n) is 4.81. The highest BCUT2D eigenvalue weighted by Crippen LogP contribution is 2.08. The number of benzene rings is 1. The highest BCUT2D eigenvalue weighted by atomic mass is 19.1. The van der Waals surface area contributed by atoms with Crippen LogP contribution in [0.15, 0.2) is 24.3 Å². The quantitative estimate of drug-likeness (QED) is 0.812. The van der Waals surface area contributed by atoms with Gasteiger partial charge in [-0.15, -0.1) is 0 Å². The molecule has 0 aliphatic carbocycles. The third-order valence-electron chi connectivity index (χ3n) is 3.40. The van der Waals surface area contributed by atoms with Crippen molar-refractivity contribution in [1.29, 1.82) is 0 Å². The van der Waals surface area contributed by atoms with Crippen molar-refractivity contribution in [2.24, 2.45) is 0 Å². The van der Waals surface area contributed by atoms with Crippen LogP contribution in [0.3, 0.4) is 0 Å². The first kappa shape index (κ1) is 13.0. The molecule has 3 nitrogen and oxygen atoms in total. The van der Waals surface area contributed by atoms with E-state index in [2.05, 4.69) is 11.9 Å². The second kappa shape index (κ2) is 5.96. The maximum atomic E-state index is 12.7. The molecule has 1 fully saturated rings. The molecule has 0 unspecified atom stereocenters. The van der Waals surface area contributed by atoms with Gasteiger partial charge in [0.1, 0.15) is 5.82 Å². The van der Waals surface area contributed by atoms with E-state index in [9.17, 15) is 9.18 Å². The Hall–Kier alpha value is -1.42. The molecule has 4 heteroatoms. The molecule has 1 amide bonds. The molecule has 2 rings (SSSR count). The van der Waals surface area contributed by atoms with E-state index < -0.39 is 0 Å². The molecule has 0 spiro atoms.